The zero-order valence-electron chi connectivity index (χ0n) is 41.3. The maximum absolute atomic E-state index is 2.45. The predicted octanol–water partition coefficient (Wildman–Crippen LogP) is 19.3. The smallest absolute Gasteiger partial charge is 0.0714 e. The molecule has 2 heteroatoms. The van der Waals surface area contributed by atoms with Crippen molar-refractivity contribution in [1.29, 1.82) is 0 Å². The van der Waals surface area contributed by atoms with E-state index in [0.29, 0.717) is 0 Å². The van der Waals surface area contributed by atoms with Crippen LogP contribution in [0.1, 0.15) is 22.3 Å². The van der Waals surface area contributed by atoms with E-state index in [1.54, 1.807) is 0 Å². The minimum Gasteiger partial charge on any atom is -0.310 e. The second kappa shape index (κ2) is 18.4. The number of rotatable bonds is 10. The van der Waals surface area contributed by atoms with Crippen LogP contribution in [0.2, 0.25) is 0 Å². The highest BCUT2D eigenvalue weighted by Gasteiger charge is 2.46. The molecule has 75 heavy (non-hydrogen) atoms. The molecule has 1 aliphatic carbocycles. The van der Waals surface area contributed by atoms with Gasteiger partial charge in [-0.25, -0.2) is 0 Å². The normalized spacial score (nSPS) is 12.4. The van der Waals surface area contributed by atoms with Crippen molar-refractivity contribution in [2.24, 2.45) is 0 Å². The van der Waals surface area contributed by atoms with E-state index in [-0.39, 0.29) is 0 Å². The third kappa shape index (κ3) is 7.49. The van der Waals surface area contributed by atoms with Crippen molar-refractivity contribution in [3.8, 4) is 61.3 Å². The summed E-state index contributed by atoms with van der Waals surface area (Å²) in [5.41, 5.74) is 23.4. The molecule has 0 fully saturated rings. The first kappa shape index (κ1) is 44.0. The molecule has 12 aromatic carbocycles. The van der Waals surface area contributed by atoms with Gasteiger partial charge in [-0.3, -0.25) is 0 Å². The average Bonchev–Trinajstić information content (AvgIpc) is 4.10. The van der Waals surface area contributed by atoms with Gasteiger partial charge in [0.05, 0.1) is 16.4 Å². The minimum atomic E-state index is -0.509. The van der Waals surface area contributed by atoms with E-state index < -0.39 is 5.41 Å². The zero-order chi connectivity index (χ0) is 49.7. The molecule has 13 aromatic rings. The van der Waals surface area contributed by atoms with Crippen LogP contribution in [0, 0.1) is 0 Å². The van der Waals surface area contributed by atoms with Crippen LogP contribution in [0.3, 0.4) is 0 Å². The molecule has 2 nitrogen and oxygen atoms in total. The van der Waals surface area contributed by atoms with Gasteiger partial charge in [0.2, 0.25) is 0 Å². The quantitative estimate of drug-likeness (QED) is 0.133. The summed E-state index contributed by atoms with van der Waals surface area (Å²) in [6.07, 6.45) is 0. The number of para-hydroxylation sites is 1. The molecule has 1 aromatic heterocycles. The lowest BCUT2D eigenvalue weighted by atomic mass is 9.67. The second-order valence-corrected chi connectivity index (χ2v) is 19.6. The first-order valence-corrected chi connectivity index (χ1v) is 25.9. The summed E-state index contributed by atoms with van der Waals surface area (Å²) in [6.45, 7) is 0. The molecule has 352 valence electrons. The Morgan fingerprint density at radius 3 is 1.28 bits per heavy atom. The Hall–Kier alpha value is -9.76. The Morgan fingerprint density at radius 1 is 0.253 bits per heavy atom. The molecule has 0 saturated heterocycles. The number of nitrogens with zero attached hydrogens (tertiary/aromatic N) is 2. The van der Waals surface area contributed by atoms with Crippen molar-refractivity contribution in [2.45, 2.75) is 5.41 Å². The fourth-order valence-electron chi connectivity index (χ4n) is 12.0. The number of hydrogen-bond acceptors (Lipinski definition) is 1. The highest BCUT2D eigenvalue weighted by atomic mass is 15.1. The third-order valence-corrected chi connectivity index (χ3v) is 15.5. The third-order valence-electron chi connectivity index (χ3n) is 15.5. The van der Waals surface area contributed by atoms with E-state index >= 15 is 0 Å². The lowest BCUT2D eigenvalue weighted by Gasteiger charge is -2.35. The standard InChI is InChI=1S/C73H50N2/c1-6-20-51(21-7-1)53-36-40-62(41-37-53)75-71-44-38-57(52-22-8-2-9-23-52)48-67(71)68-49-58(39-45-72(68)75)55-25-18-24-54(46-55)56-26-19-33-63(47-56)74(61-31-14-5-15-32-61)64-42-43-66-65-34-16-17-35-69(65)73(70(66)50-64,59-27-10-3-11-28-59)60-29-12-4-13-30-60/h1-50H. The van der Waals surface area contributed by atoms with E-state index in [2.05, 4.69) is 313 Å². The highest BCUT2D eigenvalue weighted by Crippen LogP contribution is 2.57. The van der Waals surface area contributed by atoms with Gasteiger partial charge in [-0.05, 0) is 157 Å². The van der Waals surface area contributed by atoms with Crippen molar-refractivity contribution >= 4 is 38.9 Å². The molecular formula is C73H50N2. The SMILES string of the molecule is c1ccc(-c2ccc(-n3c4ccc(-c5ccccc5)cc4c4cc(-c5cccc(-c6cccc(N(c7ccccc7)c7ccc8c(c7)C(c7ccccc7)(c7ccccc7)c7ccccc7-8)c6)c5)ccc43)cc2)cc1. The monoisotopic (exact) mass is 954 g/mol. The van der Waals surface area contributed by atoms with Gasteiger partial charge in [-0.15, -0.1) is 0 Å². The molecule has 0 spiro atoms. The van der Waals surface area contributed by atoms with Gasteiger partial charge in [0.25, 0.3) is 0 Å². The molecule has 0 N–H and O–H groups in total. The minimum absolute atomic E-state index is 0.509. The van der Waals surface area contributed by atoms with E-state index in [0.717, 1.165) is 33.9 Å². The Balaban J connectivity index is 0.875. The Morgan fingerprint density at radius 2 is 0.667 bits per heavy atom. The lowest BCUT2D eigenvalue weighted by Crippen LogP contribution is -2.28. The van der Waals surface area contributed by atoms with Crippen LogP contribution in [-0.2, 0) is 5.41 Å². The van der Waals surface area contributed by atoms with Crippen LogP contribution in [0.5, 0.6) is 0 Å². The van der Waals surface area contributed by atoms with Crippen molar-refractivity contribution in [1.82, 2.24) is 4.57 Å². The van der Waals surface area contributed by atoms with Crippen molar-refractivity contribution in [3.63, 3.8) is 0 Å². The molecule has 0 unspecified atom stereocenters. The topological polar surface area (TPSA) is 8.17 Å². The number of benzene rings is 12. The number of hydrogen-bond donors (Lipinski definition) is 0. The Labute approximate surface area is 438 Å². The van der Waals surface area contributed by atoms with Crippen molar-refractivity contribution in [2.75, 3.05) is 4.90 Å². The van der Waals surface area contributed by atoms with Gasteiger partial charge in [-0.2, -0.15) is 0 Å². The van der Waals surface area contributed by atoms with Gasteiger partial charge >= 0.3 is 0 Å². The van der Waals surface area contributed by atoms with Crippen LogP contribution in [0.15, 0.2) is 303 Å². The highest BCUT2D eigenvalue weighted by molar-refractivity contribution is 6.12. The fourth-order valence-corrected chi connectivity index (χ4v) is 12.0. The molecule has 0 bridgehead atoms. The van der Waals surface area contributed by atoms with Gasteiger partial charge in [0, 0.05) is 33.5 Å². The summed E-state index contributed by atoms with van der Waals surface area (Å²) in [6, 6.07) is 111. The zero-order valence-corrected chi connectivity index (χ0v) is 41.3. The van der Waals surface area contributed by atoms with E-state index in [9.17, 15) is 0 Å². The molecule has 0 atom stereocenters. The summed E-state index contributed by atoms with van der Waals surface area (Å²) in [5, 5.41) is 2.45. The van der Waals surface area contributed by atoms with Gasteiger partial charge in [-0.1, -0.05) is 224 Å². The maximum atomic E-state index is 2.45. The largest absolute Gasteiger partial charge is 0.310 e. The number of aromatic nitrogens is 1. The first-order chi connectivity index (χ1) is 37.2. The van der Waals surface area contributed by atoms with Crippen LogP contribution < -0.4 is 4.90 Å². The molecule has 1 aliphatic rings. The van der Waals surface area contributed by atoms with Crippen LogP contribution in [0.4, 0.5) is 17.1 Å². The number of fused-ring (bicyclic) bond motifs is 6. The summed E-state index contributed by atoms with van der Waals surface area (Å²) in [4.78, 5) is 2.42. The Bertz CT molecular complexity index is 4160. The molecule has 1 heterocycles. The van der Waals surface area contributed by atoms with Crippen LogP contribution in [0.25, 0.3) is 83.1 Å². The van der Waals surface area contributed by atoms with Crippen molar-refractivity contribution in [3.05, 3.63) is 326 Å². The van der Waals surface area contributed by atoms with E-state index in [1.807, 2.05) is 0 Å². The second-order valence-electron chi connectivity index (χ2n) is 19.6. The van der Waals surface area contributed by atoms with Crippen molar-refractivity contribution < 1.29 is 0 Å². The molecular weight excluding hydrogens is 905 g/mol. The van der Waals surface area contributed by atoms with Crippen LogP contribution in [-0.4, -0.2) is 4.57 Å². The average molecular weight is 955 g/mol. The summed E-state index contributed by atoms with van der Waals surface area (Å²) in [5.74, 6) is 0. The molecule has 0 amide bonds. The molecule has 0 aliphatic heterocycles. The molecule has 14 rings (SSSR count). The first-order valence-electron chi connectivity index (χ1n) is 25.9. The summed E-state index contributed by atoms with van der Waals surface area (Å²) >= 11 is 0. The number of anilines is 3. The summed E-state index contributed by atoms with van der Waals surface area (Å²) in [7, 11) is 0. The predicted molar refractivity (Wildman–Crippen MR) is 315 cm³/mol. The maximum Gasteiger partial charge on any atom is 0.0714 e. The Kier molecular flexibility index (Phi) is 10.8. The van der Waals surface area contributed by atoms with Crippen LogP contribution >= 0.6 is 0 Å². The van der Waals surface area contributed by atoms with E-state index in [4.69, 9.17) is 0 Å². The lowest BCUT2D eigenvalue weighted by molar-refractivity contribution is 0.768. The van der Waals surface area contributed by atoms with Gasteiger partial charge < -0.3 is 9.47 Å². The summed E-state index contributed by atoms with van der Waals surface area (Å²) < 4.78 is 2.42. The van der Waals surface area contributed by atoms with Gasteiger partial charge in [0.1, 0.15) is 0 Å². The van der Waals surface area contributed by atoms with Gasteiger partial charge in [0.15, 0.2) is 0 Å². The molecule has 0 saturated carbocycles. The fraction of sp³-hybridized carbons (Fsp3) is 0.0137. The molecule has 0 radical (unpaired) electrons. The van der Waals surface area contributed by atoms with E-state index in [1.165, 1.54) is 88.6 Å².